The van der Waals surface area contributed by atoms with E-state index in [4.69, 9.17) is 5.11 Å². The average Bonchev–Trinajstić information content (AvgIpc) is 1.96. The third-order valence-corrected chi connectivity index (χ3v) is 2.04. The first kappa shape index (κ1) is 12.2. The number of hydrogen-bond acceptors (Lipinski definition) is 3. The van der Waals surface area contributed by atoms with Crippen LogP contribution >= 0.6 is 0 Å². The standard InChI is InChI=1S/C10H18O3/c1-7(2)9(6-10(12)13)5-4-8(3)11/h8-9,11H,1,4-6H2,2-3H3,(H,12,13)/p-1/t8?,9-/m1/s1. The Bertz CT molecular complexity index is 185. The molecule has 0 amide bonds. The maximum Gasteiger partial charge on any atom is 0.0512 e. The van der Waals surface area contributed by atoms with Crippen molar-refractivity contribution >= 4 is 5.97 Å². The number of carboxylic acid groups (broad SMARTS) is 1. The fourth-order valence-electron chi connectivity index (χ4n) is 1.17. The summed E-state index contributed by atoms with van der Waals surface area (Å²) >= 11 is 0. The highest BCUT2D eigenvalue weighted by Gasteiger charge is 2.10. The summed E-state index contributed by atoms with van der Waals surface area (Å²) in [6.45, 7) is 7.20. The zero-order valence-electron chi connectivity index (χ0n) is 8.25. The molecule has 0 spiro atoms. The van der Waals surface area contributed by atoms with Crippen LogP contribution in [0.5, 0.6) is 0 Å². The molecule has 0 saturated carbocycles. The van der Waals surface area contributed by atoms with Crippen molar-refractivity contribution in [2.45, 2.75) is 39.2 Å². The predicted octanol–water partition coefficient (Wildman–Crippen LogP) is 0.480. The third kappa shape index (κ3) is 6.34. The van der Waals surface area contributed by atoms with Gasteiger partial charge in [0.1, 0.15) is 0 Å². The van der Waals surface area contributed by atoms with Crippen LogP contribution in [0.3, 0.4) is 0 Å². The molecule has 1 N–H and O–H groups in total. The quantitative estimate of drug-likeness (QED) is 0.612. The summed E-state index contributed by atoms with van der Waals surface area (Å²) in [5.74, 6) is -1.13. The highest BCUT2D eigenvalue weighted by atomic mass is 16.4. The largest absolute Gasteiger partial charge is 0.550 e. The van der Waals surface area contributed by atoms with Gasteiger partial charge in [0.25, 0.3) is 0 Å². The molecule has 1 unspecified atom stereocenters. The number of hydrogen-bond donors (Lipinski definition) is 1. The SMILES string of the molecule is C=C(C)[C@H](CCC(C)O)CC(=O)[O-]. The molecule has 0 aliphatic rings. The zero-order valence-corrected chi connectivity index (χ0v) is 8.25. The number of aliphatic hydroxyl groups excluding tert-OH is 1. The van der Waals surface area contributed by atoms with E-state index in [9.17, 15) is 9.90 Å². The summed E-state index contributed by atoms with van der Waals surface area (Å²) in [5, 5.41) is 19.4. The smallest absolute Gasteiger partial charge is 0.0512 e. The third-order valence-electron chi connectivity index (χ3n) is 2.04. The van der Waals surface area contributed by atoms with E-state index in [0.717, 1.165) is 5.57 Å². The van der Waals surface area contributed by atoms with Crippen LogP contribution in [0.15, 0.2) is 12.2 Å². The van der Waals surface area contributed by atoms with Gasteiger partial charge in [-0.2, -0.15) is 0 Å². The van der Waals surface area contributed by atoms with Gasteiger partial charge in [-0.1, -0.05) is 12.2 Å². The second-order valence-electron chi connectivity index (χ2n) is 3.55. The number of rotatable bonds is 6. The van der Waals surface area contributed by atoms with Crippen molar-refractivity contribution in [3.05, 3.63) is 12.2 Å². The van der Waals surface area contributed by atoms with Crippen LogP contribution in [0, 0.1) is 5.92 Å². The number of aliphatic hydroxyl groups is 1. The van der Waals surface area contributed by atoms with Gasteiger partial charge in [-0.3, -0.25) is 0 Å². The van der Waals surface area contributed by atoms with Gasteiger partial charge in [-0.15, -0.1) is 0 Å². The van der Waals surface area contributed by atoms with Crippen LogP contribution in [0.2, 0.25) is 0 Å². The molecular weight excluding hydrogens is 168 g/mol. The molecule has 76 valence electrons. The zero-order chi connectivity index (χ0) is 10.4. The van der Waals surface area contributed by atoms with Crippen LogP contribution < -0.4 is 5.11 Å². The van der Waals surface area contributed by atoms with Gasteiger partial charge in [0.15, 0.2) is 0 Å². The van der Waals surface area contributed by atoms with E-state index >= 15 is 0 Å². The highest BCUT2D eigenvalue weighted by molar-refractivity contribution is 5.65. The molecule has 0 heterocycles. The second kappa shape index (κ2) is 5.75. The lowest BCUT2D eigenvalue weighted by Crippen LogP contribution is -2.25. The van der Waals surface area contributed by atoms with Crippen molar-refractivity contribution in [3.63, 3.8) is 0 Å². The van der Waals surface area contributed by atoms with Gasteiger partial charge in [0.2, 0.25) is 0 Å². The minimum atomic E-state index is -1.06. The number of aliphatic carboxylic acids is 1. The van der Waals surface area contributed by atoms with Gasteiger partial charge < -0.3 is 15.0 Å². The Morgan fingerprint density at radius 3 is 2.38 bits per heavy atom. The lowest BCUT2D eigenvalue weighted by molar-refractivity contribution is -0.306. The summed E-state index contributed by atoms with van der Waals surface area (Å²) in [5.41, 5.74) is 0.838. The van der Waals surface area contributed by atoms with Crippen LogP contribution in [0.4, 0.5) is 0 Å². The fraction of sp³-hybridized carbons (Fsp3) is 0.700. The van der Waals surface area contributed by atoms with E-state index in [0.29, 0.717) is 12.8 Å². The number of allylic oxidation sites excluding steroid dienone is 1. The summed E-state index contributed by atoms with van der Waals surface area (Å²) < 4.78 is 0. The van der Waals surface area contributed by atoms with E-state index in [1.807, 2.05) is 0 Å². The van der Waals surface area contributed by atoms with E-state index < -0.39 is 5.97 Å². The Morgan fingerprint density at radius 1 is 1.54 bits per heavy atom. The summed E-state index contributed by atoms with van der Waals surface area (Å²) in [6, 6.07) is 0. The topological polar surface area (TPSA) is 60.4 Å². The van der Waals surface area contributed by atoms with Gasteiger partial charge in [-0.25, -0.2) is 0 Å². The minimum absolute atomic E-state index is 0.00204. The first-order valence-corrected chi connectivity index (χ1v) is 4.46. The van der Waals surface area contributed by atoms with Crippen LogP contribution in [0.1, 0.15) is 33.1 Å². The van der Waals surface area contributed by atoms with Gasteiger partial charge in [-0.05, 0) is 39.0 Å². The second-order valence-corrected chi connectivity index (χ2v) is 3.55. The Kier molecular flexibility index (Phi) is 5.39. The van der Waals surface area contributed by atoms with Crippen LogP contribution in [-0.2, 0) is 4.79 Å². The maximum atomic E-state index is 10.3. The van der Waals surface area contributed by atoms with Gasteiger partial charge in [0, 0.05) is 5.97 Å². The molecule has 2 atom stereocenters. The van der Waals surface area contributed by atoms with E-state index in [2.05, 4.69) is 6.58 Å². The molecule has 13 heavy (non-hydrogen) atoms. The first-order chi connectivity index (χ1) is 5.93. The van der Waals surface area contributed by atoms with Crippen molar-refractivity contribution in [1.82, 2.24) is 0 Å². The molecule has 0 fully saturated rings. The van der Waals surface area contributed by atoms with Crippen LogP contribution in [0.25, 0.3) is 0 Å². The minimum Gasteiger partial charge on any atom is -0.550 e. The number of carbonyl (C=O) groups excluding carboxylic acids is 1. The van der Waals surface area contributed by atoms with Crippen molar-refractivity contribution in [2.24, 2.45) is 5.92 Å². The van der Waals surface area contributed by atoms with Crippen molar-refractivity contribution in [2.75, 3.05) is 0 Å². The summed E-state index contributed by atoms with van der Waals surface area (Å²) in [7, 11) is 0. The molecular formula is C10H17O3-. The van der Waals surface area contributed by atoms with Crippen molar-refractivity contribution < 1.29 is 15.0 Å². The predicted molar refractivity (Wildman–Crippen MR) is 48.8 cm³/mol. The molecule has 0 aliphatic heterocycles. The van der Waals surface area contributed by atoms with Crippen molar-refractivity contribution in [1.29, 1.82) is 0 Å². The highest BCUT2D eigenvalue weighted by Crippen LogP contribution is 2.19. The summed E-state index contributed by atoms with van der Waals surface area (Å²) in [6.07, 6.45) is 0.872. The number of carbonyl (C=O) groups is 1. The van der Waals surface area contributed by atoms with Crippen molar-refractivity contribution in [3.8, 4) is 0 Å². The monoisotopic (exact) mass is 185 g/mol. The Balaban J connectivity index is 3.95. The van der Waals surface area contributed by atoms with E-state index in [-0.39, 0.29) is 18.4 Å². The maximum absolute atomic E-state index is 10.3. The van der Waals surface area contributed by atoms with E-state index in [1.54, 1.807) is 13.8 Å². The summed E-state index contributed by atoms with van der Waals surface area (Å²) in [4.78, 5) is 10.3. The lowest BCUT2D eigenvalue weighted by Gasteiger charge is -2.18. The van der Waals surface area contributed by atoms with Crippen LogP contribution in [-0.4, -0.2) is 17.2 Å². The van der Waals surface area contributed by atoms with E-state index in [1.165, 1.54) is 0 Å². The van der Waals surface area contributed by atoms with Gasteiger partial charge >= 0.3 is 0 Å². The molecule has 0 aromatic rings. The number of carboxylic acids is 1. The molecule has 0 aromatic heterocycles. The molecule has 0 rings (SSSR count). The normalized spacial score (nSPS) is 15.0. The molecule has 0 radical (unpaired) electrons. The Morgan fingerprint density at radius 2 is 2.08 bits per heavy atom. The average molecular weight is 185 g/mol. The molecule has 0 bridgehead atoms. The Labute approximate surface area is 79.1 Å². The van der Waals surface area contributed by atoms with Gasteiger partial charge in [0.05, 0.1) is 6.10 Å². The fourth-order valence-corrected chi connectivity index (χ4v) is 1.17. The molecule has 0 aliphatic carbocycles. The first-order valence-electron chi connectivity index (χ1n) is 4.46. The Hall–Kier alpha value is -0.830. The molecule has 3 nitrogen and oxygen atoms in total. The lowest BCUT2D eigenvalue weighted by atomic mass is 9.92. The molecule has 0 saturated heterocycles. The molecule has 3 heteroatoms. The molecule has 0 aromatic carbocycles.